The molecule has 0 saturated heterocycles. The Kier molecular flexibility index (Phi) is 2.67. The van der Waals surface area contributed by atoms with E-state index in [2.05, 4.69) is 5.10 Å². The lowest BCUT2D eigenvalue weighted by Gasteiger charge is -2.10. The van der Waals surface area contributed by atoms with Crippen LogP contribution in [-0.2, 0) is 13.6 Å². The fraction of sp³-hybridized carbons (Fsp3) is 0.500. The maximum Gasteiger partial charge on any atom is 0.339 e. The van der Waals surface area contributed by atoms with Gasteiger partial charge in [0.15, 0.2) is 0 Å². The third-order valence-electron chi connectivity index (χ3n) is 1.76. The van der Waals surface area contributed by atoms with Gasteiger partial charge in [0.2, 0.25) is 0 Å². The van der Waals surface area contributed by atoms with Crippen molar-refractivity contribution in [3.05, 3.63) is 17.5 Å². The molecule has 1 heterocycles. The Morgan fingerprint density at radius 3 is 2.77 bits per heavy atom. The van der Waals surface area contributed by atoms with Gasteiger partial charge in [-0.15, -0.1) is 0 Å². The number of rotatable bonds is 3. The molecule has 0 aromatic carbocycles. The molecule has 1 aromatic rings. The van der Waals surface area contributed by atoms with E-state index in [-0.39, 0.29) is 5.56 Å². The minimum Gasteiger partial charge on any atom is -0.478 e. The largest absolute Gasteiger partial charge is 0.478 e. The van der Waals surface area contributed by atoms with Crippen LogP contribution in [0.4, 0.5) is 0 Å². The van der Waals surface area contributed by atoms with Crippen molar-refractivity contribution in [2.24, 2.45) is 7.05 Å². The Morgan fingerprint density at radius 2 is 2.31 bits per heavy atom. The summed E-state index contributed by atoms with van der Waals surface area (Å²) in [5, 5.41) is 12.7. The summed E-state index contributed by atoms with van der Waals surface area (Å²) in [4.78, 5) is 12.7. The Morgan fingerprint density at radius 1 is 1.69 bits per heavy atom. The smallest absolute Gasteiger partial charge is 0.339 e. The van der Waals surface area contributed by atoms with Crippen LogP contribution < -0.4 is 0 Å². The lowest BCUT2D eigenvalue weighted by Crippen LogP contribution is -2.16. The summed E-state index contributed by atoms with van der Waals surface area (Å²) < 4.78 is 1.59. The molecule has 1 rings (SSSR count). The van der Waals surface area contributed by atoms with Crippen molar-refractivity contribution in [2.45, 2.75) is 6.54 Å². The number of hydrogen-bond donors (Lipinski definition) is 1. The summed E-state index contributed by atoms with van der Waals surface area (Å²) in [5.41, 5.74) is 0.994. The highest BCUT2D eigenvalue weighted by molar-refractivity contribution is 5.88. The fourth-order valence-electron chi connectivity index (χ4n) is 1.13. The van der Waals surface area contributed by atoms with Crippen LogP contribution in [0.25, 0.3) is 0 Å². The minimum atomic E-state index is -0.926. The highest BCUT2D eigenvalue weighted by Crippen LogP contribution is 2.08. The van der Waals surface area contributed by atoms with Gasteiger partial charge in [-0.2, -0.15) is 5.10 Å². The van der Waals surface area contributed by atoms with Crippen molar-refractivity contribution in [3.63, 3.8) is 0 Å². The van der Waals surface area contributed by atoms with E-state index in [1.54, 1.807) is 11.7 Å². The Labute approximate surface area is 76.6 Å². The molecule has 72 valence electrons. The van der Waals surface area contributed by atoms with E-state index < -0.39 is 5.97 Å². The molecule has 0 aliphatic rings. The third-order valence-corrected chi connectivity index (χ3v) is 1.76. The average Bonchev–Trinajstić information content (AvgIpc) is 2.32. The number of carboxylic acids is 1. The lowest BCUT2D eigenvalue weighted by molar-refractivity contribution is 0.0694. The summed E-state index contributed by atoms with van der Waals surface area (Å²) in [6.07, 6.45) is 1.38. The summed E-state index contributed by atoms with van der Waals surface area (Å²) in [6, 6.07) is 0. The molecule has 5 heteroatoms. The van der Waals surface area contributed by atoms with Crippen LogP contribution in [0.1, 0.15) is 16.1 Å². The quantitative estimate of drug-likeness (QED) is 0.726. The second-order valence-corrected chi connectivity index (χ2v) is 3.17. The molecule has 0 radical (unpaired) electrons. The third kappa shape index (κ3) is 2.06. The summed E-state index contributed by atoms with van der Waals surface area (Å²) >= 11 is 0. The number of nitrogens with zero attached hydrogens (tertiary/aromatic N) is 3. The van der Waals surface area contributed by atoms with E-state index in [1.165, 1.54) is 6.20 Å². The van der Waals surface area contributed by atoms with Gasteiger partial charge in [0.25, 0.3) is 0 Å². The van der Waals surface area contributed by atoms with Gasteiger partial charge in [-0.25, -0.2) is 4.79 Å². The van der Waals surface area contributed by atoms with Crippen molar-refractivity contribution < 1.29 is 9.90 Å². The van der Waals surface area contributed by atoms with Gasteiger partial charge < -0.3 is 10.0 Å². The molecule has 0 spiro atoms. The molecule has 13 heavy (non-hydrogen) atoms. The van der Waals surface area contributed by atoms with Crippen LogP contribution in [0.15, 0.2) is 6.20 Å². The zero-order valence-electron chi connectivity index (χ0n) is 7.98. The van der Waals surface area contributed by atoms with Crippen LogP contribution in [0.5, 0.6) is 0 Å². The van der Waals surface area contributed by atoms with Crippen molar-refractivity contribution in [2.75, 3.05) is 14.1 Å². The van der Waals surface area contributed by atoms with Gasteiger partial charge in [0, 0.05) is 13.6 Å². The van der Waals surface area contributed by atoms with Crippen molar-refractivity contribution in [1.29, 1.82) is 0 Å². The summed E-state index contributed by atoms with van der Waals surface area (Å²) in [5.74, 6) is -0.926. The highest BCUT2D eigenvalue weighted by atomic mass is 16.4. The van der Waals surface area contributed by atoms with Crippen LogP contribution >= 0.6 is 0 Å². The number of carboxylic acid groups (broad SMARTS) is 1. The Balaban J connectivity index is 3.01. The standard InChI is InChI=1S/C8H13N3O2/c1-10(2)5-7-6(8(12)13)4-9-11(7)3/h4H,5H2,1-3H3,(H,12,13). The van der Waals surface area contributed by atoms with E-state index in [1.807, 2.05) is 19.0 Å². The molecule has 5 nitrogen and oxygen atoms in total. The molecule has 1 aromatic heterocycles. The van der Waals surface area contributed by atoms with E-state index >= 15 is 0 Å². The van der Waals surface area contributed by atoms with Gasteiger partial charge >= 0.3 is 5.97 Å². The molecular weight excluding hydrogens is 170 g/mol. The van der Waals surface area contributed by atoms with Gasteiger partial charge in [-0.05, 0) is 14.1 Å². The molecule has 0 saturated carbocycles. The molecule has 0 fully saturated rings. The number of aryl methyl sites for hydroxylation is 1. The summed E-state index contributed by atoms with van der Waals surface area (Å²) in [6.45, 7) is 0.581. The van der Waals surface area contributed by atoms with Gasteiger partial charge in [-0.1, -0.05) is 0 Å². The summed E-state index contributed by atoms with van der Waals surface area (Å²) in [7, 11) is 5.52. The highest BCUT2D eigenvalue weighted by Gasteiger charge is 2.14. The first kappa shape index (κ1) is 9.73. The van der Waals surface area contributed by atoms with E-state index in [4.69, 9.17) is 5.11 Å². The first-order valence-electron chi connectivity index (χ1n) is 3.91. The zero-order valence-corrected chi connectivity index (χ0v) is 7.98. The molecule has 1 N–H and O–H groups in total. The van der Waals surface area contributed by atoms with Crippen molar-refractivity contribution in [3.8, 4) is 0 Å². The van der Waals surface area contributed by atoms with Crippen molar-refractivity contribution in [1.82, 2.24) is 14.7 Å². The number of aromatic carboxylic acids is 1. The molecular formula is C8H13N3O2. The minimum absolute atomic E-state index is 0.274. The predicted octanol–water partition coefficient (Wildman–Crippen LogP) is 0.180. The molecule has 0 bridgehead atoms. The van der Waals surface area contributed by atoms with Gasteiger partial charge in [-0.3, -0.25) is 4.68 Å². The fourth-order valence-corrected chi connectivity index (χ4v) is 1.13. The van der Waals surface area contributed by atoms with E-state index in [0.717, 1.165) is 5.69 Å². The van der Waals surface area contributed by atoms with Gasteiger partial charge in [0.05, 0.1) is 11.9 Å². The second-order valence-electron chi connectivity index (χ2n) is 3.17. The first-order chi connectivity index (χ1) is 6.02. The maximum absolute atomic E-state index is 10.7. The zero-order chi connectivity index (χ0) is 10.0. The van der Waals surface area contributed by atoms with Crippen LogP contribution in [0, 0.1) is 0 Å². The second kappa shape index (κ2) is 3.57. The first-order valence-corrected chi connectivity index (χ1v) is 3.91. The van der Waals surface area contributed by atoms with Crippen molar-refractivity contribution >= 4 is 5.97 Å². The topological polar surface area (TPSA) is 58.4 Å². The monoisotopic (exact) mass is 183 g/mol. The predicted molar refractivity (Wildman–Crippen MR) is 47.6 cm³/mol. The Hall–Kier alpha value is -1.36. The Bertz CT molecular complexity index is 317. The van der Waals surface area contributed by atoms with E-state index in [0.29, 0.717) is 6.54 Å². The SMILES string of the molecule is CN(C)Cc1c(C(=O)O)cnn1C. The molecule has 0 aliphatic carbocycles. The van der Waals surface area contributed by atoms with Crippen LogP contribution in [-0.4, -0.2) is 39.9 Å². The molecule has 0 unspecified atom stereocenters. The van der Waals surface area contributed by atoms with Gasteiger partial charge in [0.1, 0.15) is 5.56 Å². The molecule has 0 aliphatic heterocycles. The molecule has 0 atom stereocenters. The normalized spacial score (nSPS) is 10.8. The number of hydrogen-bond acceptors (Lipinski definition) is 3. The number of aromatic nitrogens is 2. The average molecular weight is 183 g/mol. The van der Waals surface area contributed by atoms with Crippen LogP contribution in [0.2, 0.25) is 0 Å². The molecule has 0 amide bonds. The number of carbonyl (C=O) groups is 1. The lowest BCUT2D eigenvalue weighted by atomic mass is 10.2. The van der Waals surface area contributed by atoms with Crippen LogP contribution in [0.3, 0.4) is 0 Å². The maximum atomic E-state index is 10.7. The van der Waals surface area contributed by atoms with E-state index in [9.17, 15) is 4.79 Å².